The van der Waals surface area contributed by atoms with Gasteiger partial charge in [-0.15, -0.1) is 11.3 Å². The summed E-state index contributed by atoms with van der Waals surface area (Å²) >= 11 is 1.66. The van der Waals surface area contributed by atoms with Crippen molar-refractivity contribution >= 4 is 28.7 Å². The first kappa shape index (κ1) is 25.0. The van der Waals surface area contributed by atoms with Crippen LogP contribution in [0.1, 0.15) is 56.8 Å². The molecule has 2 fully saturated rings. The highest BCUT2D eigenvalue weighted by atomic mass is 32.1. The second-order valence-electron chi connectivity index (χ2n) is 10.5. The number of nitrogens with one attached hydrogen (secondary N) is 1. The molecule has 9 heteroatoms. The maximum atomic E-state index is 13.5. The van der Waals surface area contributed by atoms with Crippen LogP contribution >= 0.6 is 11.3 Å². The number of nitrogens with zero attached hydrogens (tertiary/aromatic N) is 6. The van der Waals surface area contributed by atoms with E-state index in [1.807, 2.05) is 36.7 Å². The number of thiophene rings is 1. The molecule has 4 aromatic heterocycles. The number of rotatable bonds is 9. The van der Waals surface area contributed by atoms with E-state index in [1.165, 1.54) is 25.7 Å². The van der Waals surface area contributed by atoms with Gasteiger partial charge in [0.1, 0.15) is 5.82 Å². The van der Waals surface area contributed by atoms with E-state index >= 15 is 0 Å². The average Bonchev–Trinajstić information content (AvgIpc) is 3.56. The van der Waals surface area contributed by atoms with Crippen LogP contribution in [-0.2, 0) is 0 Å². The highest BCUT2D eigenvalue weighted by Gasteiger charge is 2.49. The van der Waals surface area contributed by atoms with Crippen LogP contribution in [0.15, 0.2) is 48.1 Å². The van der Waals surface area contributed by atoms with Gasteiger partial charge in [0.05, 0.1) is 28.0 Å². The van der Waals surface area contributed by atoms with Crippen LogP contribution in [0.5, 0.6) is 0 Å². The Balaban J connectivity index is 1.37. The number of fused-ring (bicyclic) bond motifs is 1. The lowest BCUT2D eigenvalue weighted by atomic mass is 9.68. The molecule has 2 aliphatic rings. The number of likely N-dealkylation sites (N-methyl/N-ethyl adjacent to an activating group) is 1. The molecule has 1 spiro atoms. The molecule has 1 unspecified atom stereocenters. The lowest BCUT2D eigenvalue weighted by molar-refractivity contribution is 0.0937. The molecule has 0 bridgehead atoms. The summed E-state index contributed by atoms with van der Waals surface area (Å²) in [7, 11) is 0. The Morgan fingerprint density at radius 1 is 1.16 bits per heavy atom. The van der Waals surface area contributed by atoms with Gasteiger partial charge in [-0.3, -0.25) is 9.69 Å². The van der Waals surface area contributed by atoms with Gasteiger partial charge >= 0.3 is 0 Å². The minimum absolute atomic E-state index is 0.0687. The van der Waals surface area contributed by atoms with Gasteiger partial charge in [0.15, 0.2) is 5.65 Å². The van der Waals surface area contributed by atoms with Crippen molar-refractivity contribution in [2.24, 2.45) is 0 Å². The standard InChI is InChI=1S/C29H35N7OS/c1-4-34(5-2)20(3)18-30-28(37)21-16-24(32-26(17-21)35-14-12-29(35)10-7-11-29)22-19-31-36-13-9-23(33-27(22)36)25-8-6-15-38-25/h6,8-9,13,15-17,19-20H,4-5,7,10-12,14,18H2,1-3H3,(H,30,37). The smallest absolute Gasteiger partial charge is 0.251 e. The first-order valence-corrected chi connectivity index (χ1v) is 14.6. The quantitative estimate of drug-likeness (QED) is 0.325. The number of aromatic nitrogens is 4. The normalized spacial score (nSPS) is 17.0. The van der Waals surface area contributed by atoms with Gasteiger partial charge in [0, 0.05) is 36.4 Å². The molecule has 1 atom stereocenters. The Kier molecular flexibility index (Phi) is 6.65. The minimum Gasteiger partial charge on any atom is -0.351 e. The summed E-state index contributed by atoms with van der Waals surface area (Å²) in [5.41, 5.74) is 4.07. The van der Waals surface area contributed by atoms with Crippen molar-refractivity contribution in [2.75, 3.05) is 31.1 Å². The van der Waals surface area contributed by atoms with Crippen molar-refractivity contribution < 1.29 is 4.79 Å². The van der Waals surface area contributed by atoms with Crippen LogP contribution in [-0.4, -0.2) is 68.1 Å². The van der Waals surface area contributed by atoms with Crippen LogP contribution in [0.4, 0.5) is 5.82 Å². The average molecular weight is 530 g/mol. The zero-order valence-corrected chi connectivity index (χ0v) is 23.2. The molecule has 6 rings (SSSR count). The Morgan fingerprint density at radius 3 is 2.66 bits per heavy atom. The van der Waals surface area contributed by atoms with Gasteiger partial charge in [-0.2, -0.15) is 5.10 Å². The van der Waals surface area contributed by atoms with E-state index < -0.39 is 0 Å². The topological polar surface area (TPSA) is 78.7 Å². The summed E-state index contributed by atoms with van der Waals surface area (Å²) in [5.74, 6) is 0.810. The van der Waals surface area contributed by atoms with Gasteiger partial charge in [0.2, 0.25) is 0 Å². The summed E-state index contributed by atoms with van der Waals surface area (Å²) in [5, 5.41) is 9.78. The number of hydrogen-bond donors (Lipinski definition) is 1. The molecule has 5 heterocycles. The van der Waals surface area contributed by atoms with Crippen molar-refractivity contribution in [1.82, 2.24) is 29.8 Å². The molecule has 198 valence electrons. The SMILES string of the molecule is CCN(CC)C(C)CNC(=O)c1cc(-c2cnn3ccc(-c4cccs4)nc23)nc(N2CCC23CCC3)c1. The third-order valence-corrected chi connectivity index (χ3v) is 9.31. The predicted octanol–water partition coefficient (Wildman–Crippen LogP) is 5.11. The van der Waals surface area contributed by atoms with Crippen molar-refractivity contribution in [3.05, 3.63) is 53.7 Å². The van der Waals surface area contributed by atoms with E-state index in [4.69, 9.17) is 9.97 Å². The summed E-state index contributed by atoms with van der Waals surface area (Å²) < 4.78 is 1.78. The predicted molar refractivity (Wildman–Crippen MR) is 153 cm³/mol. The summed E-state index contributed by atoms with van der Waals surface area (Å²) in [6, 6.07) is 10.2. The first-order chi connectivity index (χ1) is 18.5. The third kappa shape index (κ3) is 4.37. The number of carbonyl (C=O) groups is 1. The van der Waals surface area contributed by atoms with Crippen LogP contribution in [0.2, 0.25) is 0 Å². The molecule has 0 radical (unpaired) electrons. The highest BCUT2D eigenvalue weighted by Crippen LogP contribution is 2.49. The van der Waals surface area contributed by atoms with Gasteiger partial charge in [-0.25, -0.2) is 14.5 Å². The van der Waals surface area contributed by atoms with E-state index in [0.717, 1.165) is 52.9 Å². The van der Waals surface area contributed by atoms with Crippen molar-refractivity contribution in [2.45, 2.75) is 58.0 Å². The summed E-state index contributed by atoms with van der Waals surface area (Å²) in [6.45, 7) is 9.97. The molecule has 4 aromatic rings. The highest BCUT2D eigenvalue weighted by molar-refractivity contribution is 7.13. The van der Waals surface area contributed by atoms with Gasteiger partial charge in [-0.1, -0.05) is 19.9 Å². The fraction of sp³-hybridized carbons (Fsp3) is 0.448. The minimum atomic E-state index is -0.0687. The Hall–Kier alpha value is -3.30. The fourth-order valence-electron chi connectivity index (χ4n) is 5.86. The molecule has 1 saturated carbocycles. The molecular formula is C29H35N7OS. The number of carbonyl (C=O) groups excluding carboxylic acids is 1. The van der Waals surface area contributed by atoms with Crippen molar-refractivity contribution in [3.8, 4) is 21.8 Å². The third-order valence-electron chi connectivity index (χ3n) is 8.42. The second-order valence-corrected chi connectivity index (χ2v) is 11.4. The first-order valence-electron chi connectivity index (χ1n) is 13.7. The van der Waals surface area contributed by atoms with Crippen molar-refractivity contribution in [1.29, 1.82) is 0 Å². The molecule has 1 amide bonds. The molecule has 8 nitrogen and oxygen atoms in total. The molecular weight excluding hydrogens is 494 g/mol. The van der Waals surface area contributed by atoms with E-state index in [9.17, 15) is 4.79 Å². The number of hydrogen-bond acceptors (Lipinski definition) is 7. The van der Waals surface area contributed by atoms with Crippen molar-refractivity contribution in [3.63, 3.8) is 0 Å². The summed E-state index contributed by atoms with van der Waals surface area (Å²) in [6.07, 6.45) is 8.60. The molecule has 1 saturated heterocycles. The number of pyridine rings is 1. The molecule has 1 N–H and O–H groups in total. The lowest BCUT2D eigenvalue weighted by Crippen LogP contribution is -2.64. The molecule has 1 aliphatic heterocycles. The second kappa shape index (κ2) is 10.1. The van der Waals surface area contributed by atoms with E-state index in [-0.39, 0.29) is 17.5 Å². The van der Waals surface area contributed by atoms with Gasteiger partial charge in [0.25, 0.3) is 5.91 Å². The maximum absolute atomic E-state index is 13.5. The molecule has 1 aliphatic carbocycles. The van der Waals surface area contributed by atoms with E-state index in [0.29, 0.717) is 12.1 Å². The lowest BCUT2D eigenvalue weighted by Gasteiger charge is -2.59. The van der Waals surface area contributed by atoms with Crippen LogP contribution < -0.4 is 10.2 Å². The maximum Gasteiger partial charge on any atom is 0.251 e. The van der Waals surface area contributed by atoms with E-state index in [2.05, 4.69) is 52.4 Å². The van der Waals surface area contributed by atoms with Gasteiger partial charge in [-0.05, 0) is 75.3 Å². The zero-order chi connectivity index (χ0) is 26.3. The Morgan fingerprint density at radius 2 is 2.00 bits per heavy atom. The Bertz CT molecular complexity index is 1430. The van der Waals surface area contributed by atoms with Gasteiger partial charge < -0.3 is 10.2 Å². The zero-order valence-electron chi connectivity index (χ0n) is 22.4. The van der Waals surface area contributed by atoms with Crippen LogP contribution in [0.3, 0.4) is 0 Å². The summed E-state index contributed by atoms with van der Waals surface area (Å²) in [4.78, 5) is 29.4. The molecule has 0 aromatic carbocycles. The number of anilines is 1. The monoisotopic (exact) mass is 529 g/mol. The molecule has 38 heavy (non-hydrogen) atoms. The Labute approximate surface area is 227 Å². The largest absolute Gasteiger partial charge is 0.351 e. The number of amides is 1. The van der Waals surface area contributed by atoms with Crippen LogP contribution in [0.25, 0.3) is 27.5 Å². The van der Waals surface area contributed by atoms with Crippen LogP contribution in [0, 0.1) is 0 Å². The van der Waals surface area contributed by atoms with E-state index in [1.54, 1.807) is 15.9 Å². The fourth-order valence-corrected chi connectivity index (χ4v) is 6.55.